The topological polar surface area (TPSA) is 32.3 Å². The molecule has 0 aliphatic carbocycles. The summed E-state index contributed by atoms with van der Waals surface area (Å²) in [5, 5.41) is 6.07. The van der Waals surface area contributed by atoms with Crippen molar-refractivity contribution in [3.05, 3.63) is 107 Å². The summed E-state index contributed by atoms with van der Waals surface area (Å²) in [4.78, 5) is 2.39. The number of nitrogens with zero attached hydrogens (tertiary/aromatic N) is 1. The highest BCUT2D eigenvalue weighted by Crippen LogP contribution is 2.40. The Labute approximate surface area is 243 Å². The molecule has 0 spiro atoms. The summed E-state index contributed by atoms with van der Waals surface area (Å²) in [6, 6.07) is 29.2. The van der Waals surface area contributed by atoms with E-state index in [1.807, 2.05) is 13.8 Å². The normalized spacial score (nSPS) is 13.2. The minimum Gasteiger partial charge on any atom is -0.385 e. The Hall–Kier alpha value is -3.24. The van der Waals surface area contributed by atoms with E-state index in [2.05, 4.69) is 123 Å². The Bertz CT molecular complexity index is 1490. The Morgan fingerprint density at radius 3 is 2.08 bits per heavy atom. The molecule has 4 aromatic carbocycles. The van der Waals surface area contributed by atoms with Crippen LogP contribution in [0, 0.1) is 13.8 Å². The number of hydrogen-bond acceptors (Lipinski definition) is 3. The van der Waals surface area contributed by atoms with Gasteiger partial charge >= 0.3 is 0 Å². The van der Waals surface area contributed by atoms with Gasteiger partial charge in [0, 0.05) is 54.3 Å². The minimum atomic E-state index is -1.96. The molecule has 1 N–H and O–H groups in total. The van der Waals surface area contributed by atoms with Crippen molar-refractivity contribution >= 4 is 37.5 Å². The van der Waals surface area contributed by atoms with Crippen LogP contribution in [0.15, 0.2) is 78.9 Å². The van der Waals surface area contributed by atoms with Gasteiger partial charge < -0.3 is 10.2 Å². The average molecular weight is 557 g/mol. The third-order valence-corrected chi connectivity index (χ3v) is 8.58. The van der Waals surface area contributed by atoms with Crippen LogP contribution in [0.2, 0.25) is 0 Å². The maximum atomic E-state index is 12.0. The lowest BCUT2D eigenvalue weighted by Gasteiger charge is -2.26. The van der Waals surface area contributed by atoms with Crippen LogP contribution in [-0.4, -0.2) is 41.7 Å². The SMILES string of the molecule is C=S(C)(=O)CCCNc1ccc(C(c2ccc(N(CC)CC)cc2)c2ccc(C)cc2C)c2ccccc12.CC. The molecular weight excluding hydrogens is 508 g/mol. The van der Waals surface area contributed by atoms with E-state index in [4.69, 9.17) is 0 Å². The molecule has 0 saturated carbocycles. The molecule has 4 aromatic rings. The van der Waals surface area contributed by atoms with Crippen LogP contribution in [0.1, 0.15) is 67.9 Å². The van der Waals surface area contributed by atoms with E-state index < -0.39 is 9.52 Å². The number of nitrogens with one attached hydrogen (secondary N) is 1. The summed E-state index contributed by atoms with van der Waals surface area (Å²) < 4.78 is 12.0. The second-order valence-electron chi connectivity index (χ2n) is 10.5. The standard InChI is InChI=1S/C34H42N2OS.C2H6/c1-7-36(8-2)28-17-15-27(16-18-28)34(29-19-14-25(3)24-26(29)4)32-20-21-33(31-13-10-9-12-30(31)32)35-22-11-23-38(5,6)37;1-2/h9-10,12-21,24,34-35H,5,7-8,11,22-23H2,1-4,6H3;1-2H3. The number of hydrogen-bond donors (Lipinski definition) is 1. The Morgan fingerprint density at radius 2 is 1.48 bits per heavy atom. The van der Waals surface area contributed by atoms with Gasteiger partial charge in [0.25, 0.3) is 0 Å². The van der Waals surface area contributed by atoms with Crippen LogP contribution in [0.5, 0.6) is 0 Å². The van der Waals surface area contributed by atoms with E-state index >= 15 is 0 Å². The number of rotatable bonds is 11. The van der Waals surface area contributed by atoms with Crippen molar-refractivity contribution in [2.75, 3.05) is 41.9 Å². The van der Waals surface area contributed by atoms with Crippen molar-refractivity contribution in [3.63, 3.8) is 0 Å². The van der Waals surface area contributed by atoms with E-state index in [9.17, 15) is 4.21 Å². The lowest BCUT2D eigenvalue weighted by atomic mass is 9.80. The van der Waals surface area contributed by atoms with Crippen molar-refractivity contribution in [2.45, 2.75) is 53.9 Å². The molecule has 0 aliphatic rings. The van der Waals surface area contributed by atoms with Gasteiger partial charge in [0.15, 0.2) is 0 Å². The van der Waals surface area contributed by atoms with Gasteiger partial charge in [0.05, 0.1) is 0 Å². The molecule has 0 amide bonds. The van der Waals surface area contributed by atoms with Crippen LogP contribution in [0.4, 0.5) is 11.4 Å². The fraction of sp³-hybridized carbons (Fsp3) is 0.361. The Kier molecular flexibility index (Phi) is 11.3. The smallest absolute Gasteiger partial charge is 0.0420 e. The quantitative estimate of drug-likeness (QED) is 0.114. The van der Waals surface area contributed by atoms with Gasteiger partial charge in [-0.25, -0.2) is 0 Å². The van der Waals surface area contributed by atoms with Crippen LogP contribution >= 0.6 is 0 Å². The first-order valence-corrected chi connectivity index (χ1v) is 17.0. The third-order valence-electron chi connectivity index (χ3n) is 7.43. The molecule has 0 saturated heterocycles. The van der Waals surface area contributed by atoms with E-state index in [1.54, 1.807) is 6.26 Å². The fourth-order valence-electron chi connectivity index (χ4n) is 5.47. The maximum absolute atomic E-state index is 12.0. The molecule has 40 heavy (non-hydrogen) atoms. The molecule has 0 radical (unpaired) electrons. The molecule has 0 heterocycles. The highest BCUT2D eigenvalue weighted by molar-refractivity contribution is 7.99. The van der Waals surface area contributed by atoms with Gasteiger partial charge in [-0.2, -0.15) is 0 Å². The zero-order valence-corrected chi connectivity index (χ0v) is 26.4. The first-order chi connectivity index (χ1) is 19.2. The molecule has 3 nitrogen and oxygen atoms in total. The predicted molar refractivity (Wildman–Crippen MR) is 181 cm³/mol. The Morgan fingerprint density at radius 1 is 0.850 bits per heavy atom. The summed E-state index contributed by atoms with van der Waals surface area (Å²) in [5.41, 5.74) is 8.92. The first kappa shape index (κ1) is 31.3. The third kappa shape index (κ3) is 7.69. The second-order valence-corrected chi connectivity index (χ2v) is 13.2. The maximum Gasteiger partial charge on any atom is 0.0420 e. The number of benzene rings is 4. The van der Waals surface area contributed by atoms with Crippen LogP contribution < -0.4 is 10.2 Å². The van der Waals surface area contributed by atoms with Crippen molar-refractivity contribution in [1.29, 1.82) is 0 Å². The van der Waals surface area contributed by atoms with Gasteiger partial charge in [-0.05, 0) is 95.3 Å². The molecular formula is C36H48N2OS. The van der Waals surface area contributed by atoms with Crippen molar-refractivity contribution < 1.29 is 4.21 Å². The van der Waals surface area contributed by atoms with E-state index in [1.165, 1.54) is 44.3 Å². The van der Waals surface area contributed by atoms with E-state index in [-0.39, 0.29) is 5.92 Å². The number of anilines is 2. The second kappa shape index (κ2) is 14.4. The largest absolute Gasteiger partial charge is 0.385 e. The number of fused-ring (bicyclic) bond motifs is 1. The molecule has 0 aromatic heterocycles. The van der Waals surface area contributed by atoms with Gasteiger partial charge in [0.1, 0.15) is 0 Å². The summed E-state index contributed by atoms with van der Waals surface area (Å²) in [5.74, 6) is 4.54. The van der Waals surface area contributed by atoms with Crippen LogP contribution in [0.3, 0.4) is 0 Å². The van der Waals surface area contributed by atoms with Gasteiger partial charge in [-0.15, -0.1) is 0 Å². The first-order valence-electron chi connectivity index (χ1n) is 14.7. The highest BCUT2D eigenvalue weighted by Gasteiger charge is 2.22. The summed E-state index contributed by atoms with van der Waals surface area (Å²) >= 11 is 0. The van der Waals surface area contributed by atoms with E-state index in [0.29, 0.717) is 5.75 Å². The summed E-state index contributed by atoms with van der Waals surface area (Å²) in [7, 11) is -1.96. The number of aryl methyl sites for hydroxylation is 2. The molecule has 4 heteroatoms. The van der Waals surface area contributed by atoms with E-state index in [0.717, 1.165) is 31.7 Å². The molecule has 214 valence electrons. The van der Waals surface area contributed by atoms with Crippen molar-refractivity contribution in [2.24, 2.45) is 0 Å². The zero-order chi connectivity index (χ0) is 29.3. The lowest BCUT2D eigenvalue weighted by molar-refractivity contribution is 0.683. The average Bonchev–Trinajstić information content (AvgIpc) is 2.95. The van der Waals surface area contributed by atoms with Crippen molar-refractivity contribution in [3.8, 4) is 0 Å². The zero-order valence-electron chi connectivity index (χ0n) is 25.6. The van der Waals surface area contributed by atoms with Crippen LogP contribution in [-0.2, 0) is 9.52 Å². The van der Waals surface area contributed by atoms with Crippen LogP contribution in [0.25, 0.3) is 10.8 Å². The molecule has 2 unspecified atom stereocenters. The molecule has 4 rings (SSSR count). The molecule has 0 fully saturated rings. The fourth-order valence-corrected chi connectivity index (χ4v) is 6.23. The molecule has 2 atom stereocenters. The Balaban J connectivity index is 0.00000216. The highest BCUT2D eigenvalue weighted by atomic mass is 32.2. The van der Waals surface area contributed by atoms with Crippen molar-refractivity contribution in [1.82, 2.24) is 0 Å². The predicted octanol–water partition coefficient (Wildman–Crippen LogP) is 8.66. The monoisotopic (exact) mass is 556 g/mol. The molecule has 0 bridgehead atoms. The van der Waals surface area contributed by atoms with Gasteiger partial charge in [-0.1, -0.05) is 80.1 Å². The minimum absolute atomic E-state index is 0.122. The van der Waals surface area contributed by atoms with Gasteiger partial charge in [0.2, 0.25) is 0 Å². The summed E-state index contributed by atoms with van der Waals surface area (Å²) in [6.07, 6.45) is 2.57. The summed E-state index contributed by atoms with van der Waals surface area (Å²) in [6.45, 7) is 15.6. The van der Waals surface area contributed by atoms with Gasteiger partial charge in [-0.3, -0.25) is 4.21 Å². The lowest BCUT2D eigenvalue weighted by Crippen LogP contribution is -2.21. The molecule has 0 aliphatic heterocycles.